The van der Waals surface area contributed by atoms with Gasteiger partial charge >= 0.3 is 0 Å². The van der Waals surface area contributed by atoms with Crippen LogP contribution in [-0.2, 0) is 4.74 Å². The van der Waals surface area contributed by atoms with Gasteiger partial charge in [-0.05, 0) is 13.0 Å². The van der Waals surface area contributed by atoms with E-state index in [0.717, 1.165) is 19.5 Å². The van der Waals surface area contributed by atoms with Crippen molar-refractivity contribution in [3.8, 4) is 0 Å². The van der Waals surface area contributed by atoms with Crippen LogP contribution in [0.25, 0.3) is 0 Å². The Bertz CT molecular complexity index is 147. The van der Waals surface area contributed by atoms with Gasteiger partial charge in [0.1, 0.15) is 6.10 Å². The summed E-state index contributed by atoms with van der Waals surface area (Å²) in [5.41, 5.74) is 0. The molecule has 1 heterocycles. The molecule has 1 aliphatic rings. The van der Waals surface area contributed by atoms with E-state index in [0.29, 0.717) is 11.8 Å². The molecule has 2 unspecified atom stereocenters. The summed E-state index contributed by atoms with van der Waals surface area (Å²) in [6, 6.07) is 0. The SMILES string of the molecule is CC(=N)OC1CCNCC1C. The Hall–Kier alpha value is -0.570. The summed E-state index contributed by atoms with van der Waals surface area (Å²) in [5.74, 6) is 0.868. The highest BCUT2D eigenvalue weighted by Gasteiger charge is 2.22. The van der Waals surface area contributed by atoms with Gasteiger partial charge in [0.05, 0.1) is 0 Å². The molecule has 3 heteroatoms. The molecule has 2 atom stereocenters. The number of hydrogen-bond acceptors (Lipinski definition) is 3. The summed E-state index contributed by atoms with van der Waals surface area (Å²) in [5, 5.41) is 10.5. The fourth-order valence-electron chi connectivity index (χ4n) is 1.39. The Morgan fingerprint density at radius 2 is 2.36 bits per heavy atom. The molecule has 0 saturated carbocycles. The van der Waals surface area contributed by atoms with Gasteiger partial charge in [-0.25, -0.2) is 0 Å². The molecule has 11 heavy (non-hydrogen) atoms. The van der Waals surface area contributed by atoms with Crippen LogP contribution in [0.3, 0.4) is 0 Å². The molecule has 0 radical (unpaired) electrons. The van der Waals surface area contributed by atoms with E-state index in [2.05, 4.69) is 12.2 Å². The minimum atomic E-state index is 0.258. The van der Waals surface area contributed by atoms with Crippen molar-refractivity contribution < 1.29 is 4.74 Å². The fraction of sp³-hybridized carbons (Fsp3) is 0.875. The number of ether oxygens (including phenoxy) is 1. The van der Waals surface area contributed by atoms with Gasteiger partial charge in [0.2, 0.25) is 0 Å². The first-order valence-corrected chi connectivity index (χ1v) is 4.12. The highest BCUT2D eigenvalue weighted by molar-refractivity contribution is 5.69. The lowest BCUT2D eigenvalue weighted by Gasteiger charge is -2.29. The van der Waals surface area contributed by atoms with Crippen LogP contribution in [0.4, 0.5) is 0 Å². The largest absolute Gasteiger partial charge is 0.478 e. The van der Waals surface area contributed by atoms with Crippen molar-refractivity contribution in [2.45, 2.75) is 26.4 Å². The van der Waals surface area contributed by atoms with Crippen molar-refractivity contribution in [1.82, 2.24) is 5.32 Å². The van der Waals surface area contributed by atoms with Crippen molar-refractivity contribution in [3.05, 3.63) is 0 Å². The fourth-order valence-corrected chi connectivity index (χ4v) is 1.39. The van der Waals surface area contributed by atoms with Crippen LogP contribution in [0.15, 0.2) is 0 Å². The van der Waals surface area contributed by atoms with E-state index in [4.69, 9.17) is 10.1 Å². The highest BCUT2D eigenvalue weighted by Crippen LogP contribution is 2.14. The van der Waals surface area contributed by atoms with Crippen molar-refractivity contribution in [3.63, 3.8) is 0 Å². The predicted molar refractivity (Wildman–Crippen MR) is 44.9 cm³/mol. The molecule has 0 amide bonds. The van der Waals surface area contributed by atoms with Crippen molar-refractivity contribution in [2.75, 3.05) is 13.1 Å². The molecule has 0 aliphatic carbocycles. The normalized spacial score (nSPS) is 31.5. The molecular weight excluding hydrogens is 140 g/mol. The number of hydrogen-bond donors (Lipinski definition) is 2. The van der Waals surface area contributed by atoms with E-state index in [9.17, 15) is 0 Å². The number of nitrogens with one attached hydrogen (secondary N) is 2. The smallest absolute Gasteiger partial charge is 0.177 e. The first kappa shape index (κ1) is 8.53. The van der Waals surface area contributed by atoms with E-state index in [1.54, 1.807) is 6.92 Å². The molecular formula is C8H16N2O. The van der Waals surface area contributed by atoms with Gasteiger partial charge < -0.3 is 10.1 Å². The monoisotopic (exact) mass is 156 g/mol. The van der Waals surface area contributed by atoms with Crippen molar-refractivity contribution in [1.29, 1.82) is 5.41 Å². The van der Waals surface area contributed by atoms with Gasteiger partial charge in [-0.15, -0.1) is 0 Å². The summed E-state index contributed by atoms with van der Waals surface area (Å²) in [6.07, 6.45) is 1.28. The topological polar surface area (TPSA) is 45.1 Å². The van der Waals surface area contributed by atoms with Gasteiger partial charge in [0.15, 0.2) is 5.90 Å². The molecule has 0 spiro atoms. The third kappa shape index (κ3) is 2.50. The van der Waals surface area contributed by atoms with Crippen LogP contribution < -0.4 is 5.32 Å². The van der Waals surface area contributed by atoms with Crippen LogP contribution >= 0.6 is 0 Å². The Kier molecular flexibility index (Phi) is 2.88. The van der Waals surface area contributed by atoms with Gasteiger partial charge in [-0.3, -0.25) is 5.41 Å². The third-order valence-electron chi connectivity index (χ3n) is 2.03. The first-order valence-electron chi connectivity index (χ1n) is 4.12. The van der Waals surface area contributed by atoms with Crippen LogP contribution in [0, 0.1) is 11.3 Å². The second-order valence-corrected chi connectivity index (χ2v) is 3.18. The maximum absolute atomic E-state index is 7.18. The number of rotatable bonds is 1. The van der Waals surface area contributed by atoms with Crippen molar-refractivity contribution in [2.24, 2.45) is 5.92 Å². The molecule has 0 bridgehead atoms. The molecule has 1 fully saturated rings. The van der Waals surface area contributed by atoms with Gasteiger partial charge in [-0.1, -0.05) is 6.92 Å². The van der Waals surface area contributed by atoms with Crippen molar-refractivity contribution >= 4 is 5.90 Å². The van der Waals surface area contributed by atoms with Crippen LogP contribution in [0.2, 0.25) is 0 Å². The van der Waals surface area contributed by atoms with Crippen LogP contribution in [-0.4, -0.2) is 25.1 Å². The molecule has 1 rings (SSSR count). The molecule has 3 nitrogen and oxygen atoms in total. The summed E-state index contributed by atoms with van der Waals surface area (Å²) in [6.45, 7) is 5.87. The summed E-state index contributed by atoms with van der Waals surface area (Å²) in [4.78, 5) is 0. The maximum atomic E-state index is 7.18. The zero-order valence-electron chi connectivity index (χ0n) is 7.18. The van der Waals surface area contributed by atoms with E-state index < -0.39 is 0 Å². The Morgan fingerprint density at radius 1 is 1.64 bits per heavy atom. The van der Waals surface area contributed by atoms with Gasteiger partial charge in [-0.2, -0.15) is 0 Å². The molecule has 0 aromatic heterocycles. The van der Waals surface area contributed by atoms with Crippen LogP contribution in [0.5, 0.6) is 0 Å². The average Bonchev–Trinajstić information content (AvgIpc) is 1.93. The zero-order valence-corrected chi connectivity index (χ0v) is 7.18. The van der Waals surface area contributed by atoms with Gasteiger partial charge in [0, 0.05) is 19.4 Å². The van der Waals surface area contributed by atoms with E-state index in [1.807, 2.05) is 0 Å². The highest BCUT2D eigenvalue weighted by atomic mass is 16.5. The Balaban J connectivity index is 2.35. The van der Waals surface area contributed by atoms with E-state index in [-0.39, 0.29) is 6.10 Å². The Morgan fingerprint density at radius 3 is 2.91 bits per heavy atom. The van der Waals surface area contributed by atoms with E-state index >= 15 is 0 Å². The maximum Gasteiger partial charge on any atom is 0.177 e. The molecule has 2 N–H and O–H groups in total. The van der Waals surface area contributed by atoms with E-state index in [1.165, 1.54) is 0 Å². The standard InChI is InChI=1S/C8H16N2O/c1-6-5-10-4-3-8(6)11-7(2)9/h6,8-10H,3-5H2,1-2H3. The lowest BCUT2D eigenvalue weighted by molar-refractivity contribution is 0.0982. The summed E-state index contributed by atoms with van der Waals surface area (Å²) >= 11 is 0. The molecule has 0 aromatic rings. The molecule has 0 aromatic carbocycles. The lowest BCUT2D eigenvalue weighted by Crippen LogP contribution is -2.40. The Labute approximate surface area is 67.6 Å². The predicted octanol–water partition coefficient (Wildman–Crippen LogP) is 0.998. The molecule has 1 aliphatic heterocycles. The quantitative estimate of drug-likeness (QED) is 0.439. The molecule has 1 saturated heterocycles. The molecule has 64 valence electrons. The van der Waals surface area contributed by atoms with Gasteiger partial charge in [0.25, 0.3) is 0 Å². The summed E-state index contributed by atoms with van der Waals surface area (Å²) < 4.78 is 5.35. The minimum Gasteiger partial charge on any atom is -0.478 e. The second-order valence-electron chi connectivity index (χ2n) is 3.18. The lowest BCUT2D eigenvalue weighted by atomic mass is 9.98. The number of piperidine rings is 1. The zero-order chi connectivity index (χ0) is 8.27. The van der Waals surface area contributed by atoms with Crippen LogP contribution in [0.1, 0.15) is 20.3 Å². The summed E-state index contributed by atoms with van der Waals surface area (Å²) in [7, 11) is 0. The third-order valence-corrected chi connectivity index (χ3v) is 2.03. The average molecular weight is 156 g/mol. The first-order chi connectivity index (χ1) is 5.20. The second kappa shape index (κ2) is 3.72. The minimum absolute atomic E-state index is 0.258.